The number of carboxylic acids is 1. The summed E-state index contributed by atoms with van der Waals surface area (Å²) in [7, 11) is 3.12. The molecule has 1 aromatic rings. The molecule has 0 aliphatic carbocycles. The zero-order valence-corrected chi connectivity index (χ0v) is 13.3. The first-order valence-corrected chi connectivity index (χ1v) is 7.85. The number of hydrogen-bond acceptors (Lipinski definition) is 5. The summed E-state index contributed by atoms with van der Waals surface area (Å²) in [5, 5.41) is 9.23. The predicted molar refractivity (Wildman–Crippen MR) is 82.3 cm³/mol. The number of carboxylic acid groups (broad SMARTS) is 1. The van der Waals surface area contributed by atoms with E-state index in [1.165, 1.54) is 23.8 Å². The van der Waals surface area contributed by atoms with Gasteiger partial charge in [0, 0.05) is 25.0 Å². The monoisotopic (exact) mass is 325 g/mol. The second-order valence-corrected chi connectivity index (χ2v) is 6.01. The second kappa shape index (κ2) is 7.51. The lowest BCUT2D eigenvalue weighted by Crippen LogP contribution is -2.41. The van der Waals surface area contributed by atoms with E-state index in [4.69, 9.17) is 9.47 Å². The van der Waals surface area contributed by atoms with Crippen LogP contribution in [-0.2, 0) is 14.3 Å². The molecule has 1 N–H and O–H groups in total. The number of amides is 1. The van der Waals surface area contributed by atoms with Crippen molar-refractivity contribution in [3.8, 4) is 5.75 Å². The van der Waals surface area contributed by atoms with Crippen molar-refractivity contribution in [2.24, 2.45) is 0 Å². The Hall–Kier alpha value is -1.73. The maximum atomic E-state index is 12.3. The standard InChI is InChI=1S/C15H19NO5S/c1-20-10-4-3-5-12(6-10)22-9-14(17)16-8-11(21-2)7-13(16)15(18)19/h3-6,11,13H,7-9H2,1-2H3,(H,18,19). The molecule has 2 atom stereocenters. The van der Waals surface area contributed by atoms with E-state index in [9.17, 15) is 14.7 Å². The first-order chi connectivity index (χ1) is 10.5. The van der Waals surface area contributed by atoms with Gasteiger partial charge in [0.15, 0.2) is 0 Å². The molecular weight excluding hydrogens is 306 g/mol. The van der Waals surface area contributed by atoms with Crippen LogP contribution in [0.2, 0.25) is 0 Å². The quantitative estimate of drug-likeness (QED) is 0.799. The molecule has 6 nitrogen and oxygen atoms in total. The number of rotatable bonds is 6. The number of aliphatic carboxylic acids is 1. The average molecular weight is 325 g/mol. The minimum atomic E-state index is -0.987. The molecule has 7 heteroatoms. The van der Waals surface area contributed by atoms with Gasteiger partial charge in [-0.25, -0.2) is 4.79 Å². The van der Waals surface area contributed by atoms with Crippen LogP contribution in [0.25, 0.3) is 0 Å². The molecule has 0 saturated carbocycles. The smallest absolute Gasteiger partial charge is 0.326 e. The van der Waals surface area contributed by atoms with Crippen LogP contribution in [-0.4, -0.2) is 60.5 Å². The SMILES string of the molecule is COc1cccc(SCC(=O)N2CC(OC)CC2C(=O)O)c1. The third-order valence-electron chi connectivity index (χ3n) is 3.60. The van der Waals surface area contributed by atoms with Crippen LogP contribution < -0.4 is 4.74 Å². The molecule has 0 bridgehead atoms. The number of carbonyl (C=O) groups is 2. The molecule has 1 saturated heterocycles. The number of thioether (sulfide) groups is 1. The summed E-state index contributed by atoms with van der Waals surface area (Å²) in [5.41, 5.74) is 0. The minimum absolute atomic E-state index is 0.188. The van der Waals surface area contributed by atoms with E-state index in [1.807, 2.05) is 24.3 Å². The van der Waals surface area contributed by atoms with Crippen LogP contribution in [0, 0.1) is 0 Å². The van der Waals surface area contributed by atoms with E-state index >= 15 is 0 Å². The fourth-order valence-electron chi connectivity index (χ4n) is 2.40. The molecule has 120 valence electrons. The van der Waals surface area contributed by atoms with Crippen LogP contribution in [0.4, 0.5) is 0 Å². The summed E-state index contributed by atoms with van der Waals surface area (Å²) >= 11 is 1.36. The number of nitrogens with zero attached hydrogens (tertiary/aromatic N) is 1. The highest BCUT2D eigenvalue weighted by Gasteiger charge is 2.39. The van der Waals surface area contributed by atoms with Crippen molar-refractivity contribution in [1.82, 2.24) is 4.90 Å². The first-order valence-electron chi connectivity index (χ1n) is 6.87. The Morgan fingerprint density at radius 3 is 2.82 bits per heavy atom. The molecule has 22 heavy (non-hydrogen) atoms. The van der Waals surface area contributed by atoms with Gasteiger partial charge < -0.3 is 19.5 Å². The van der Waals surface area contributed by atoms with Crippen LogP contribution >= 0.6 is 11.8 Å². The van der Waals surface area contributed by atoms with Crippen molar-refractivity contribution in [3.05, 3.63) is 24.3 Å². The zero-order chi connectivity index (χ0) is 16.1. The van der Waals surface area contributed by atoms with Gasteiger partial charge in [0.1, 0.15) is 11.8 Å². The number of benzene rings is 1. The van der Waals surface area contributed by atoms with Crippen LogP contribution in [0.15, 0.2) is 29.2 Å². The van der Waals surface area contributed by atoms with Gasteiger partial charge in [0.2, 0.25) is 5.91 Å². The van der Waals surface area contributed by atoms with Gasteiger partial charge >= 0.3 is 5.97 Å². The Bertz CT molecular complexity index is 550. The second-order valence-electron chi connectivity index (χ2n) is 4.96. The fraction of sp³-hybridized carbons (Fsp3) is 0.467. The molecule has 1 aromatic carbocycles. The van der Waals surface area contributed by atoms with Gasteiger partial charge in [0.05, 0.1) is 19.0 Å². The summed E-state index contributed by atoms with van der Waals surface area (Å²) in [6.07, 6.45) is 0.119. The van der Waals surface area contributed by atoms with Crippen LogP contribution in [0.1, 0.15) is 6.42 Å². The minimum Gasteiger partial charge on any atom is -0.497 e. The van der Waals surface area contributed by atoms with Gasteiger partial charge in [-0.05, 0) is 18.2 Å². The summed E-state index contributed by atoms with van der Waals surface area (Å²) in [6.45, 7) is 0.324. The lowest BCUT2D eigenvalue weighted by molar-refractivity contribution is -0.147. The average Bonchev–Trinajstić information content (AvgIpc) is 2.97. The molecule has 2 rings (SSSR count). The third-order valence-corrected chi connectivity index (χ3v) is 4.58. The topological polar surface area (TPSA) is 76.1 Å². The Balaban J connectivity index is 1.97. The Kier molecular flexibility index (Phi) is 5.68. The molecule has 0 radical (unpaired) electrons. The molecule has 0 spiro atoms. The predicted octanol–water partition coefficient (Wildman–Crippen LogP) is 1.49. The first kappa shape index (κ1) is 16.6. The van der Waals surface area contributed by atoms with Gasteiger partial charge in [-0.1, -0.05) is 6.07 Å². The summed E-state index contributed by atoms with van der Waals surface area (Å²) in [5.74, 6) is -0.270. The fourth-order valence-corrected chi connectivity index (χ4v) is 3.23. The molecule has 1 fully saturated rings. The van der Waals surface area contributed by atoms with Crippen LogP contribution in [0.5, 0.6) is 5.75 Å². The zero-order valence-electron chi connectivity index (χ0n) is 12.5. The van der Waals surface area contributed by atoms with E-state index in [2.05, 4.69) is 0 Å². The molecule has 1 amide bonds. The number of hydrogen-bond donors (Lipinski definition) is 1. The number of likely N-dealkylation sites (tertiary alicyclic amines) is 1. The highest BCUT2D eigenvalue weighted by atomic mass is 32.2. The highest BCUT2D eigenvalue weighted by Crippen LogP contribution is 2.25. The van der Waals surface area contributed by atoms with Crippen molar-refractivity contribution in [2.45, 2.75) is 23.5 Å². The number of carbonyl (C=O) groups excluding carboxylic acids is 1. The van der Waals surface area contributed by atoms with Crippen molar-refractivity contribution >= 4 is 23.6 Å². The Morgan fingerprint density at radius 1 is 1.41 bits per heavy atom. The van der Waals surface area contributed by atoms with Crippen molar-refractivity contribution in [1.29, 1.82) is 0 Å². The van der Waals surface area contributed by atoms with Crippen LogP contribution in [0.3, 0.4) is 0 Å². The maximum absolute atomic E-state index is 12.3. The van der Waals surface area contributed by atoms with Gasteiger partial charge in [-0.3, -0.25) is 4.79 Å². The van der Waals surface area contributed by atoms with E-state index in [-0.39, 0.29) is 17.8 Å². The van der Waals surface area contributed by atoms with E-state index in [1.54, 1.807) is 7.11 Å². The van der Waals surface area contributed by atoms with Crippen molar-refractivity contribution < 1.29 is 24.2 Å². The number of ether oxygens (including phenoxy) is 2. The molecule has 0 aromatic heterocycles. The van der Waals surface area contributed by atoms with E-state index in [0.717, 1.165) is 10.6 Å². The third kappa shape index (κ3) is 3.92. The normalized spacial score (nSPS) is 20.9. The number of methoxy groups -OCH3 is 2. The van der Waals surface area contributed by atoms with Gasteiger partial charge in [-0.15, -0.1) is 11.8 Å². The molecule has 2 unspecified atom stereocenters. The molecule has 1 aliphatic rings. The lowest BCUT2D eigenvalue weighted by Gasteiger charge is -2.21. The molecular formula is C15H19NO5S. The molecule has 1 heterocycles. The van der Waals surface area contributed by atoms with E-state index in [0.29, 0.717) is 13.0 Å². The molecule has 1 aliphatic heterocycles. The van der Waals surface area contributed by atoms with Gasteiger partial charge in [-0.2, -0.15) is 0 Å². The van der Waals surface area contributed by atoms with Crippen molar-refractivity contribution in [2.75, 3.05) is 26.5 Å². The summed E-state index contributed by atoms with van der Waals surface area (Å²) in [4.78, 5) is 25.9. The summed E-state index contributed by atoms with van der Waals surface area (Å²) in [6, 6.07) is 6.60. The Labute approximate surface area is 133 Å². The highest BCUT2D eigenvalue weighted by molar-refractivity contribution is 8.00. The summed E-state index contributed by atoms with van der Waals surface area (Å²) < 4.78 is 10.3. The largest absolute Gasteiger partial charge is 0.497 e. The Morgan fingerprint density at radius 2 is 2.18 bits per heavy atom. The van der Waals surface area contributed by atoms with Crippen molar-refractivity contribution in [3.63, 3.8) is 0 Å². The van der Waals surface area contributed by atoms with Gasteiger partial charge in [0.25, 0.3) is 0 Å². The maximum Gasteiger partial charge on any atom is 0.326 e. The van der Waals surface area contributed by atoms with E-state index < -0.39 is 12.0 Å². The lowest BCUT2D eigenvalue weighted by atomic mass is 10.2.